The second-order valence-corrected chi connectivity index (χ2v) is 9.05. The van der Waals surface area contributed by atoms with Gasteiger partial charge in [0.2, 0.25) is 5.91 Å². The van der Waals surface area contributed by atoms with Crippen LogP contribution in [-0.4, -0.2) is 41.8 Å². The molecule has 1 aliphatic heterocycles. The van der Waals surface area contributed by atoms with E-state index in [1.54, 1.807) is 5.38 Å². The average molecular weight is 415 g/mol. The van der Waals surface area contributed by atoms with Crippen LogP contribution in [0.3, 0.4) is 0 Å². The third kappa shape index (κ3) is 6.11. The Labute approximate surface area is 176 Å². The number of nitrogens with zero attached hydrogens (tertiary/aromatic N) is 2. The number of likely N-dealkylation sites (tertiary alicyclic amines) is 1. The molecule has 1 aromatic heterocycles. The van der Waals surface area contributed by atoms with Crippen LogP contribution in [0, 0.1) is 11.8 Å². The molecule has 3 rings (SSSR count). The summed E-state index contributed by atoms with van der Waals surface area (Å²) in [6, 6.07) is 9.17. The molecule has 0 aliphatic carbocycles. The Bertz CT molecular complexity index is 813. The number of nitrogens with one attached hydrogen (secondary N) is 2. The van der Waals surface area contributed by atoms with Crippen molar-refractivity contribution in [2.24, 2.45) is 11.8 Å². The Morgan fingerprint density at radius 3 is 2.55 bits per heavy atom. The molecule has 1 fully saturated rings. The number of amides is 2. The predicted octanol–water partition coefficient (Wildman–Crippen LogP) is 3.94. The Morgan fingerprint density at radius 1 is 1.21 bits per heavy atom. The standard InChI is InChI=1S/C22H30N4O2S/c1-15(2)13-18(24-20(27)16-9-11-26(3)12-10-16)22-25-19(14-29-22)21(28)23-17-7-5-4-6-8-17/h4-8,14-16,18H,9-13H2,1-3H3,(H,23,28)(H,24,27)/t18-/m1/s1. The Hall–Kier alpha value is -2.25. The highest BCUT2D eigenvalue weighted by molar-refractivity contribution is 7.10. The van der Waals surface area contributed by atoms with Crippen molar-refractivity contribution in [1.29, 1.82) is 0 Å². The summed E-state index contributed by atoms with van der Waals surface area (Å²) in [7, 11) is 2.09. The molecule has 6 nitrogen and oxygen atoms in total. The molecule has 156 valence electrons. The van der Waals surface area contributed by atoms with Crippen molar-refractivity contribution in [2.75, 3.05) is 25.5 Å². The number of carbonyl (C=O) groups excluding carboxylic acids is 2. The molecular weight excluding hydrogens is 384 g/mol. The topological polar surface area (TPSA) is 74.3 Å². The summed E-state index contributed by atoms with van der Waals surface area (Å²) >= 11 is 1.43. The minimum atomic E-state index is -0.233. The van der Waals surface area contributed by atoms with Gasteiger partial charge in [-0.15, -0.1) is 11.3 Å². The highest BCUT2D eigenvalue weighted by Gasteiger charge is 2.27. The fraction of sp³-hybridized carbons (Fsp3) is 0.500. The van der Waals surface area contributed by atoms with Crippen LogP contribution in [0.1, 0.15) is 54.6 Å². The van der Waals surface area contributed by atoms with E-state index in [0.717, 1.165) is 43.0 Å². The molecule has 1 saturated heterocycles. The summed E-state index contributed by atoms with van der Waals surface area (Å²) in [6.07, 6.45) is 2.57. The minimum Gasteiger partial charge on any atom is -0.347 e. The minimum absolute atomic E-state index is 0.0571. The normalized spacial score (nSPS) is 16.6. The van der Waals surface area contributed by atoms with Gasteiger partial charge >= 0.3 is 0 Å². The number of hydrogen-bond acceptors (Lipinski definition) is 5. The summed E-state index contributed by atoms with van der Waals surface area (Å²) in [5, 5.41) is 8.63. The summed E-state index contributed by atoms with van der Waals surface area (Å²) in [5.41, 5.74) is 1.12. The number of aromatic nitrogens is 1. The van der Waals surface area contributed by atoms with Gasteiger partial charge in [-0.25, -0.2) is 4.98 Å². The molecular formula is C22H30N4O2S. The molecule has 0 radical (unpaired) electrons. The highest BCUT2D eigenvalue weighted by Crippen LogP contribution is 2.26. The molecule has 0 spiro atoms. The number of benzene rings is 1. The van der Waals surface area contributed by atoms with Gasteiger partial charge in [0.15, 0.2) is 0 Å². The number of piperidine rings is 1. The van der Waals surface area contributed by atoms with Crippen LogP contribution >= 0.6 is 11.3 Å². The molecule has 29 heavy (non-hydrogen) atoms. The van der Waals surface area contributed by atoms with Gasteiger partial charge in [-0.3, -0.25) is 9.59 Å². The third-order valence-electron chi connectivity index (χ3n) is 5.20. The first-order valence-electron chi connectivity index (χ1n) is 10.2. The van der Waals surface area contributed by atoms with Crippen molar-refractivity contribution >= 4 is 28.8 Å². The number of rotatable bonds is 7. The second kappa shape index (κ2) is 9.98. The van der Waals surface area contributed by atoms with E-state index in [1.807, 2.05) is 30.3 Å². The quantitative estimate of drug-likeness (QED) is 0.720. The maximum atomic E-state index is 12.8. The Balaban J connectivity index is 1.67. The monoisotopic (exact) mass is 414 g/mol. The number of carbonyl (C=O) groups is 2. The van der Waals surface area contributed by atoms with Crippen molar-refractivity contribution in [2.45, 2.75) is 39.2 Å². The molecule has 1 atom stereocenters. The molecule has 2 heterocycles. The average Bonchev–Trinajstić information content (AvgIpc) is 3.19. The van der Waals surface area contributed by atoms with E-state index in [-0.39, 0.29) is 23.8 Å². The first kappa shape index (κ1) is 21.5. The third-order valence-corrected chi connectivity index (χ3v) is 6.16. The van der Waals surface area contributed by atoms with E-state index in [2.05, 4.69) is 41.4 Å². The molecule has 0 unspecified atom stereocenters. The molecule has 2 aromatic rings. The van der Waals surface area contributed by atoms with Crippen molar-refractivity contribution in [3.63, 3.8) is 0 Å². The van der Waals surface area contributed by atoms with Gasteiger partial charge < -0.3 is 15.5 Å². The van der Waals surface area contributed by atoms with Crippen LogP contribution in [0.2, 0.25) is 0 Å². The largest absolute Gasteiger partial charge is 0.347 e. The van der Waals surface area contributed by atoms with Crippen LogP contribution < -0.4 is 10.6 Å². The zero-order chi connectivity index (χ0) is 20.8. The van der Waals surface area contributed by atoms with Gasteiger partial charge in [0.1, 0.15) is 10.7 Å². The van der Waals surface area contributed by atoms with Crippen LogP contribution in [0.25, 0.3) is 0 Å². The Kier molecular flexibility index (Phi) is 7.39. The van der Waals surface area contributed by atoms with Gasteiger partial charge in [0.05, 0.1) is 6.04 Å². The SMILES string of the molecule is CC(C)C[C@@H](NC(=O)C1CCN(C)CC1)c1nc(C(=O)Nc2ccccc2)cs1. The zero-order valence-electron chi connectivity index (χ0n) is 17.4. The molecule has 1 aliphatic rings. The van der Waals surface area contributed by atoms with E-state index in [1.165, 1.54) is 11.3 Å². The van der Waals surface area contributed by atoms with Gasteiger partial charge in [0.25, 0.3) is 5.91 Å². The van der Waals surface area contributed by atoms with Gasteiger partial charge in [0, 0.05) is 17.0 Å². The van der Waals surface area contributed by atoms with E-state index in [9.17, 15) is 9.59 Å². The summed E-state index contributed by atoms with van der Waals surface area (Å²) in [5.74, 6) is 0.336. The van der Waals surface area contributed by atoms with E-state index < -0.39 is 0 Å². The summed E-state index contributed by atoms with van der Waals surface area (Å²) in [6.45, 7) is 6.17. The summed E-state index contributed by atoms with van der Waals surface area (Å²) in [4.78, 5) is 32.1. The lowest BCUT2D eigenvalue weighted by atomic mass is 9.95. The Morgan fingerprint density at radius 2 is 1.90 bits per heavy atom. The maximum Gasteiger partial charge on any atom is 0.275 e. The predicted molar refractivity (Wildman–Crippen MR) is 117 cm³/mol. The van der Waals surface area contributed by atoms with E-state index in [0.29, 0.717) is 11.6 Å². The van der Waals surface area contributed by atoms with Crippen molar-refractivity contribution in [1.82, 2.24) is 15.2 Å². The molecule has 2 amide bonds. The lowest BCUT2D eigenvalue weighted by molar-refractivity contribution is -0.127. The van der Waals surface area contributed by atoms with E-state index in [4.69, 9.17) is 0 Å². The van der Waals surface area contributed by atoms with Crippen LogP contribution in [-0.2, 0) is 4.79 Å². The number of para-hydroxylation sites is 1. The lowest BCUT2D eigenvalue weighted by Gasteiger charge is -2.29. The number of hydrogen-bond donors (Lipinski definition) is 2. The number of thiazole rings is 1. The van der Waals surface area contributed by atoms with Crippen molar-refractivity contribution in [3.8, 4) is 0 Å². The molecule has 0 bridgehead atoms. The van der Waals surface area contributed by atoms with Crippen molar-refractivity contribution in [3.05, 3.63) is 46.4 Å². The fourth-order valence-electron chi connectivity index (χ4n) is 3.52. The zero-order valence-corrected chi connectivity index (χ0v) is 18.2. The molecule has 1 aromatic carbocycles. The fourth-order valence-corrected chi connectivity index (χ4v) is 4.38. The number of anilines is 1. The highest BCUT2D eigenvalue weighted by atomic mass is 32.1. The summed E-state index contributed by atoms with van der Waals surface area (Å²) < 4.78 is 0. The molecule has 2 N–H and O–H groups in total. The van der Waals surface area contributed by atoms with Gasteiger partial charge in [-0.1, -0.05) is 32.0 Å². The maximum absolute atomic E-state index is 12.8. The molecule has 0 saturated carbocycles. The van der Waals surface area contributed by atoms with Crippen LogP contribution in [0.15, 0.2) is 35.7 Å². The lowest BCUT2D eigenvalue weighted by Crippen LogP contribution is -2.40. The van der Waals surface area contributed by atoms with Crippen molar-refractivity contribution < 1.29 is 9.59 Å². The first-order chi connectivity index (χ1) is 13.9. The van der Waals surface area contributed by atoms with E-state index >= 15 is 0 Å². The molecule has 7 heteroatoms. The van der Waals surface area contributed by atoms with Crippen LogP contribution in [0.4, 0.5) is 5.69 Å². The first-order valence-corrected chi connectivity index (χ1v) is 11.1. The smallest absolute Gasteiger partial charge is 0.275 e. The van der Waals surface area contributed by atoms with Gasteiger partial charge in [-0.2, -0.15) is 0 Å². The van der Waals surface area contributed by atoms with Gasteiger partial charge in [-0.05, 0) is 57.5 Å². The second-order valence-electron chi connectivity index (χ2n) is 8.16. The van der Waals surface area contributed by atoms with Crippen LogP contribution in [0.5, 0.6) is 0 Å².